The van der Waals surface area contributed by atoms with E-state index in [1.165, 1.54) is 11.3 Å². The van der Waals surface area contributed by atoms with Crippen molar-refractivity contribution in [3.05, 3.63) is 84.2 Å². The monoisotopic (exact) mass is 489 g/mol. The first-order valence-corrected chi connectivity index (χ1v) is 11.9. The van der Waals surface area contributed by atoms with Gasteiger partial charge in [-0.3, -0.25) is 15.1 Å². The SMILES string of the molecule is COc1cc(C(=O)Nc2nnc(-c3ccncc3)s2)ccc1O[C@@H](CCN(C)C)c1ccccc1. The van der Waals surface area contributed by atoms with Crippen molar-refractivity contribution in [3.63, 3.8) is 0 Å². The molecule has 2 aromatic heterocycles. The number of aromatic nitrogens is 3. The van der Waals surface area contributed by atoms with Gasteiger partial charge in [0.05, 0.1) is 7.11 Å². The normalized spacial score (nSPS) is 11.8. The molecule has 4 aromatic rings. The molecule has 0 saturated carbocycles. The average Bonchev–Trinajstić information content (AvgIpc) is 3.36. The molecule has 0 aliphatic heterocycles. The fourth-order valence-electron chi connectivity index (χ4n) is 3.45. The van der Waals surface area contributed by atoms with Crippen molar-refractivity contribution in [2.24, 2.45) is 0 Å². The van der Waals surface area contributed by atoms with Crippen molar-refractivity contribution in [2.45, 2.75) is 12.5 Å². The summed E-state index contributed by atoms with van der Waals surface area (Å²) in [5, 5.41) is 12.2. The Kier molecular flexibility index (Phi) is 8.02. The third-order valence-electron chi connectivity index (χ3n) is 5.28. The number of nitrogens with zero attached hydrogens (tertiary/aromatic N) is 4. The van der Waals surface area contributed by atoms with E-state index < -0.39 is 0 Å². The number of hydrogen-bond donors (Lipinski definition) is 1. The summed E-state index contributed by atoms with van der Waals surface area (Å²) in [6.07, 6.45) is 4.03. The van der Waals surface area contributed by atoms with Crippen LogP contribution >= 0.6 is 11.3 Å². The lowest BCUT2D eigenvalue weighted by atomic mass is 10.1. The highest BCUT2D eigenvalue weighted by molar-refractivity contribution is 7.18. The van der Waals surface area contributed by atoms with Crippen LogP contribution in [0.5, 0.6) is 11.5 Å². The van der Waals surface area contributed by atoms with Crippen molar-refractivity contribution in [1.29, 1.82) is 0 Å². The summed E-state index contributed by atoms with van der Waals surface area (Å²) < 4.78 is 11.9. The fourth-order valence-corrected chi connectivity index (χ4v) is 4.19. The summed E-state index contributed by atoms with van der Waals surface area (Å²) in [5.74, 6) is 0.755. The van der Waals surface area contributed by atoms with Gasteiger partial charge in [-0.1, -0.05) is 41.7 Å². The number of hydrogen-bond acceptors (Lipinski definition) is 8. The first-order chi connectivity index (χ1) is 17.0. The number of carbonyl (C=O) groups is 1. The standard InChI is InChI=1S/C26H27N5O3S/c1-31(2)16-13-21(18-7-5-4-6-8-18)34-22-10-9-20(17-23(22)33-3)24(32)28-26-30-29-25(35-26)19-11-14-27-15-12-19/h4-12,14-15,17,21H,13,16H2,1-3H3,(H,28,30,32)/t21-/m0/s1. The van der Waals surface area contributed by atoms with Crippen LogP contribution in [0.3, 0.4) is 0 Å². The van der Waals surface area contributed by atoms with E-state index in [4.69, 9.17) is 9.47 Å². The zero-order chi connectivity index (χ0) is 24.6. The van der Waals surface area contributed by atoms with E-state index in [-0.39, 0.29) is 12.0 Å². The van der Waals surface area contributed by atoms with Gasteiger partial charge in [-0.15, -0.1) is 10.2 Å². The van der Waals surface area contributed by atoms with Gasteiger partial charge in [-0.05, 0) is 50.0 Å². The van der Waals surface area contributed by atoms with E-state index in [0.29, 0.717) is 27.2 Å². The molecular formula is C26H27N5O3S. The first kappa shape index (κ1) is 24.3. The summed E-state index contributed by atoms with van der Waals surface area (Å²) in [5.41, 5.74) is 2.40. The van der Waals surface area contributed by atoms with Crippen LogP contribution < -0.4 is 14.8 Å². The van der Waals surface area contributed by atoms with E-state index in [1.807, 2.05) is 44.4 Å². The Balaban J connectivity index is 1.49. The molecule has 9 heteroatoms. The topological polar surface area (TPSA) is 89.5 Å². The maximum atomic E-state index is 12.9. The van der Waals surface area contributed by atoms with Gasteiger partial charge < -0.3 is 14.4 Å². The third-order valence-corrected chi connectivity index (χ3v) is 6.17. The molecule has 0 fully saturated rings. The third kappa shape index (κ3) is 6.40. The van der Waals surface area contributed by atoms with Crippen LogP contribution in [0.25, 0.3) is 10.6 Å². The predicted molar refractivity (Wildman–Crippen MR) is 137 cm³/mol. The average molecular weight is 490 g/mol. The van der Waals surface area contributed by atoms with Crippen LogP contribution in [0.1, 0.15) is 28.4 Å². The second-order valence-electron chi connectivity index (χ2n) is 8.08. The van der Waals surface area contributed by atoms with Gasteiger partial charge in [-0.2, -0.15) is 0 Å². The number of amides is 1. The van der Waals surface area contributed by atoms with Crippen LogP contribution in [0.2, 0.25) is 0 Å². The van der Waals surface area contributed by atoms with Crippen LogP contribution in [0.15, 0.2) is 73.1 Å². The highest BCUT2D eigenvalue weighted by Crippen LogP contribution is 2.34. The van der Waals surface area contributed by atoms with Gasteiger partial charge in [0, 0.05) is 36.5 Å². The molecule has 2 heterocycles. The van der Waals surface area contributed by atoms with Crippen LogP contribution in [0.4, 0.5) is 5.13 Å². The maximum absolute atomic E-state index is 12.9. The van der Waals surface area contributed by atoms with Crippen molar-refractivity contribution < 1.29 is 14.3 Å². The van der Waals surface area contributed by atoms with Gasteiger partial charge in [0.15, 0.2) is 11.5 Å². The molecule has 0 aliphatic carbocycles. The van der Waals surface area contributed by atoms with Crippen LogP contribution in [-0.2, 0) is 0 Å². The minimum atomic E-state index is -0.306. The number of benzene rings is 2. The van der Waals surface area contributed by atoms with Crippen molar-refractivity contribution in [1.82, 2.24) is 20.1 Å². The van der Waals surface area contributed by atoms with Crippen molar-refractivity contribution >= 4 is 22.4 Å². The molecule has 0 bridgehead atoms. The second kappa shape index (κ2) is 11.5. The fraction of sp³-hybridized carbons (Fsp3) is 0.231. The van der Waals surface area contributed by atoms with Gasteiger partial charge in [-0.25, -0.2) is 0 Å². The maximum Gasteiger partial charge on any atom is 0.257 e. The molecule has 1 N–H and O–H groups in total. The summed E-state index contributed by atoms with van der Waals surface area (Å²) in [7, 11) is 5.63. The molecule has 0 radical (unpaired) electrons. The minimum Gasteiger partial charge on any atom is -0.493 e. The minimum absolute atomic E-state index is 0.153. The number of anilines is 1. The molecule has 0 aliphatic rings. The van der Waals surface area contributed by atoms with Gasteiger partial charge in [0.2, 0.25) is 5.13 Å². The predicted octanol–water partition coefficient (Wildman–Crippen LogP) is 4.93. The molecule has 35 heavy (non-hydrogen) atoms. The number of nitrogens with one attached hydrogen (secondary N) is 1. The van der Waals surface area contributed by atoms with Gasteiger partial charge >= 0.3 is 0 Å². The summed E-state index contributed by atoms with van der Waals surface area (Å²) in [4.78, 5) is 19.0. The smallest absolute Gasteiger partial charge is 0.257 e. The van der Waals surface area contributed by atoms with E-state index in [9.17, 15) is 4.79 Å². The van der Waals surface area contributed by atoms with E-state index in [2.05, 4.69) is 37.5 Å². The molecule has 4 rings (SSSR count). The van der Waals surface area contributed by atoms with Gasteiger partial charge in [0.25, 0.3) is 5.91 Å². The Morgan fingerprint density at radius 1 is 1.03 bits per heavy atom. The Hall–Kier alpha value is -3.82. The molecule has 180 valence electrons. The summed E-state index contributed by atoms with van der Waals surface area (Å²) in [6.45, 7) is 0.867. The summed E-state index contributed by atoms with van der Waals surface area (Å²) >= 11 is 1.29. The number of carbonyl (C=O) groups excluding carboxylic acids is 1. The Morgan fingerprint density at radius 2 is 1.80 bits per heavy atom. The van der Waals surface area contributed by atoms with Crippen LogP contribution in [-0.4, -0.2) is 53.7 Å². The number of ether oxygens (including phenoxy) is 2. The highest BCUT2D eigenvalue weighted by atomic mass is 32.1. The molecule has 0 spiro atoms. The molecule has 1 amide bonds. The van der Waals surface area contributed by atoms with E-state index in [1.54, 1.807) is 37.7 Å². The van der Waals surface area contributed by atoms with Crippen molar-refractivity contribution in [3.8, 4) is 22.1 Å². The Labute approximate surface area is 208 Å². The quantitative estimate of drug-likeness (QED) is 0.338. The lowest BCUT2D eigenvalue weighted by molar-refractivity contribution is 0.102. The zero-order valence-electron chi connectivity index (χ0n) is 19.8. The molecule has 0 saturated heterocycles. The van der Waals surface area contributed by atoms with E-state index >= 15 is 0 Å². The highest BCUT2D eigenvalue weighted by Gasteiger charge is 2.19. The lowest BCUT2D eigenvalue weighted by Gasteiger charge is -2.23. The van der Waals surface area contributed by atoms with E-state index in [0.717, 1.165) is 24.1 Å². The second-order valence-corrected chi connectivity index (χ2v) is 9.05. The molecule has 0 unspecified atom stereocenters. The number of methoxy groups -OCH3 is 1. The van der Waals surface area contributed by atoms with Crippen molar-refractivity contribution in [2.75, 3.05) is 33.1 Å². The first-order valence-electron chi connectivity index (χ1n) is 11.1. The zero-order valence-corrected chi connectivity index (χ0v) is 20.7. The molecular weight excluding hydrogens is 462 g/mol. The molecule has 8 nitrogen and oxygen atoms in total. The summed E-state index contributed by atoms with van der Waals surface area (Å²) in [6, 6.07) is 18.9. The largest absolute Gasteiger partial charge is 0.493 e. The lowest BCUT2D eigenvalue weighted by Crippen LogP contribution is -2.19. The van der Waals surface area contributed by atoms with Crippen LogP contribution in [0, 0.1) is 0 Å². The number of pyridine rings is 1. The molecule has 2 aromatic carbocycles. The number of rotatable bonds is 10. The Morgan fingerprint density at radius 3 is 2.51 bits per heavy atom. The Bertz CT molecular complexity index is 1250. The molecule has 1 atom stereocenters. The van der Waals surface area contributed by atoms with Gasteiger partial charge in [0.1, 0.15) is 11.1 Å².